The van der Waals surface area contributed by atoms with E-state index in [1.165, 1.54) is 24.3 Å². The van der Waals surface area contributed by atoms with E-state index in [4.69, 9.17) is 33.2 Å². The summed E-state index contributed by atoms with van der Waals surface area (Å²) in [6, 6.07) is 14.0. The zero-order chi connectivity index (χ0) is 37.0. The number of phenolic OH excluding ortho intramolecular Hbond substituents is 2. The number of hydrogen-bond acceptors (Lipinski definition) is 14. The molecule has 0 saturated carbocycles. The van der Waals surface area contributed by atoms with Crippen LogP contribution in [0.1, 0.15) is 84.3 Å². The molecule has 0 radical (unpaired) electrons. The number of esters is 1. The minimum atomic E-state index is -1.44. The fourth-order valence-corrected chi connectivity index (χ4v) is 6.18. The molecule has 1 amide bonds. The predicted octanol–water partition coefficient (Wildman–Crippen LogP) is 2.41. The summed E-state index contributed by atoms with van der Waals surface area (Å²) < 4.78 is 12.1. The summed E-state index contributed by atoms with van der Waals surface area (Å²) in [4.78, 5) is 55.6. The van der Waals surface area contributed by atoms with Crippen LogP contribution in [0, 0.1) is 0 Å². The summed E-state index contributed by atoms with van der Waals surface area (Å²) >= 11 is 5.50. The maximum Gasteiger partial charge on any atom is 0.340 e. The van der Waals surface area contributed by atoms with Crippen LogP contribution in [0.2, 0.25) is 0 Å². The van der Waals surface area contributed by atoms with Gasteiger partial charge in [0, 0.05) is 67.0 Å². The summed E-state index contributed by atoms with van der Waals surface area (Å²) in [6.07, 6.45) is 0.676. The van der Waals surface area contributed by atoms with Crippen molar-refractivity contribution < 1.29 is 38.9 Å². The zero-order valence-electron chi connectivity index (χ0n) is 27.6. The first-order valence-electron chi connectivity index (χ1n) is 16.3. The third kappa shape index (κ3) is 6.96. The number of benzene rings is 3. The van der Waals surface area contributed by atoms with Crippen molar-refractivity contribution in [1.29, 1.82) is 0 Å². The number of ether oxygens (including phenoxy) is 2. The Bertz CT molecular complexity index is 2060. The van der Waals surface area contributed by atoms with Crippen LogP contribution in [0.3, 0.4) is 0 Å². The highest BCUT2D eigenvalue weighted by molar-refractivity contribution is 7.80. The SMILES string of the molecule is NCCCC(=O)c1nc(C(=O)CCCNC(=S)Nc2ccc3c(c2)C2(OC3=O)c3ccc(O)cc3Oc3cc(O)ccc32)nnc1C(=O)NCCN. The van der Waals surface area contributed by atoms with Crippen molar-refractivity contribution >= 4 is 46.5 Å². The number of ketones is 2. The van der Waals surface area contributed by atoms with Crippen LogP contribution in [-0.2, 0) is 10.3 Å². The minimum absolute atomic E-state index is 0.0146. The Balaban J connectivity index is 1.13. The molecule has 16 nitrogen and oxygen atoms in total. The average molecular weight is 727 g/mol. The Morgan fingerprint density at radius 1 is 0.788 bits per heavy atom. The average Bonchev–Trinajstić information content (AvgIpc) is 3.41. The molecule has 0 bridgehead atoms. The first-order valence-corrected chi connectivity index (χ1v) is 16.7. The van der Waals surface area contributed by atoms with Gasteiger partial charge in [-0.15, -0.1) is 10.2 Å². The van der Waals surface area contributed by atoms with E-state index in [9.17, 15) is 29.4 Å². The van der Waals surface area contributed by atoms with E-state index >= 15 is 0 Å². The number of nitrogens with two attached hydrogens (primary N) is 2. The maximum atomic E-state index is 13.2. The lowest BCUT2D eigenvalue weighted by Crippen LogP contribution is -2.33. The standard InChI is InChI=1S/C35H34N8O8S/c36-11-1-3-25(46)29-30(32(48)38-14-12-37)42-43-31(41-29)26(47)4-2-13-39-34(52)40-18-5-8-21-24(15-18)35(51-33(21)49)22-9-6-19(44)16-27(22)50-28-17-20(45)7-10-23(28)35/h5-10,15-17,44-45H,1-4,11-14,36-37H2,(H,38,48)(H2,39,40,52). The fraction of sp³-hybridized carbons (Fsp3) is 0.257. The number of nitrogens with zero attached hydrogens (tertiary/aromatic N) is 3. The maximum absolute atomic E-state index is 13.2. The van der Waals surface area contributed by atoms with Gasteiger partial charge in [-0.05, 0) is 74.1 Å². The molecule has 0 fully saturated rings. The summed E-state index contributed by atoms with van der Waals surface area (Å²) in [5, 5.41) is 36.9. The van der Waals surface area contributed by atoms with E-state index in [0.29, 0.717) is 40.8 Å². The zero-order valence-corrected chi connectivity index (χ0v) is 28.4. The fourth-order valence-electron chi connectivity index (χ4n) is 5.96. The van der Waals surface area contributed by atoms with E-state index in [-0.39, 0.29) is 84.3 Å². The molecule has 17 heteroatoms. The van der Waals surface area contributed by atoms with E-state index in [2.05, 4.69) is 31.1 Å². The van der Waals surface area contributed by atoms with Gasteiger partial charge in [0.1, 0.15) is 28.7 Å². The number of aromatic nitrogens is 3. The van der Waals surface area contributed by atoms with Gasteiger partial charge in [-0.3, -0.25) is 14.4 Å². The molecule has 0 aliphatic carbocycles. The lowest BCUT2D eigenvalue weighted by atomic mass is 9.77. The number of fused-ring (bicyclic) bond motifs is 6. The van der Waals surface area contributed by atoms with Gasteiger partial charge >= 0.3 is 5.97 Å². The van der Waals surface area contributed by atoms with E-state index in [1.54, 1.807) is 30.3 Å². The monoisotopic (exact) mass is 726 g/mol. The van der Waals surface area contributed by atoms with E-state index in [1.807, 2.05) is 0 Å². The highest BCUT2D eigenvalue weighted by Gasteiger charge is 2.53. The van der Waals surface area contributed by atoms with Gasteiger partial charge in [-0.2, -0.15) is 0 Å². The van der Waals surface area contributed by atoms with E-state index < -0.39 is 29.0 Å². The Kier molecular flexibility index (Phi) is 10.4. The van der Waals surface area contributed by atoms with Crippen molar-refractivity contribution in [3.8, 4) is 23.0 Å². The molecule has 0 unspecified atom stereocenters. The van der Waals surface area contributed by atoms with Crippen LogP contribution in [0.5, 0.6) is 23.0 Å². The molecule has 2 aliphatic heterocycles. The van der Waals surface area contributed by atoms with Crippen molar-refractivity contribution in [3.63, 3.8) is 0 Å². The number of Topliss-reactive ketones (excluding diaryl/α,β-unsaturated/α-hetero) is 2. The minimum Gasteiger partial charge on any atom is -0.508 e. The first-order chi connectivity index (χ1) is 25.0. The Morgan fingerprint density at radius 3 is 2.15 bits per heavy atom. The number of thiocarbonyl (C=S) groups is 1. The van der Waals surface area contributed by atoms with Crippen LogP contribution in [0.25, 0.3) is 0 Å². The molecule has 6 rings (SSSR count). The van der Waals surface area contributed by atoms with Crippen LogP contribution < -0.4 is 32.2 Å². The van der Waals surface area contributed by atoms with Gasteiger partial charge in [0.25, 0.3) is 5.91 Å². The number of aromatic hydroxyl groups is 2. The molecule has 2 aliphatic rings. The predicted molar refractivity (Wildman–Crippen MR) is 190 cm³/mol. The molecule has 3 aromatic carbocycles. The van der Waals surface area contributed by atoms with Crippen molar-refractivity contribution in [2.24, 2.45) is 11.5 Å². The molecule has 1 spiro atoms. The smallest absolute Gasteiger partial charge is 0.340 e. The third-order valence-electron chi connectivity index (χ3n) is 8.35. The summed E-state index contributed by atoms with van der Waals surface area (Å²) in [5.74, 6) is -2.11. The number of rotatable bonds is 13. The van der Waals surface area contributed by atoms with Crippen molar-refractivity contribution in [1.82, 2.24) is 25.8 Å². The lowest BCUT2D eigenvalue weighted by molar-refractivity contribution is 0.0224. The number of amides is 1. The van der Waals surface area contributed by atoms with Crippen LogP contribution in [0.4, 0.5) is 5.69 Å². The van der Waals surface area contributed by atoms with Crippen LogP contribution in [-0.4, -0.2) is 80.1 Å². The van der Waals surface area contributed by atoms with Crippen molar-refractivity contribution in [2.75, 3.05) is 31.5 Å². The number of hydrogen-bond donors (Lipinski definition) is 7. The molecule has 9 N–H and O–H groups in total. The number of anilines is 1. The molecule has 3 heterocycles. The van der Waals surface area contributed by atoms with Gasteiger partial charge < -0.3 is 47.1 Å². The van der Waals surface area contributed by atoms with Crippen molar-refractivity contribution in [3.05, 3.63) is 94.1 Å². The molecular formula is C35H34N8O8S. The largest absolute Gasteiger partial charge is 0.508 e. The third-order valence-corrected chi connectivity index (χ3v) is 8.60. The number of carbonyl (C=O) groups excluding carboxylic acids is 4. The molecular weight excluding hydrogens is 692 g/mol. The van der Waals surface area contributed by atoms with Crippen LogP contribution in [0.15, 0.2) is 54.6 Å². The second-order valence-electron chi connectivity index (χ2n) is 11.9. The summed E-state index contributed by atoms with van der Waals surface area (Å²) in [5.41, 5.74) is 11.3. The lowest BCUT2D eigenvalue weighted by Gasteiger charge is -2.36. The quantitative estimate of drug-likeness (QED) is 0.0452. The van der Waals surface area contributed by atoms with Gasteiger partial charge in [0.15, 0.2) is 22.2 Å². The number of carbonyl (C=O) groups is 4. The topological polar surface area (TPSA) is 254 Å². The summed E-state index contributed by atoms with van der Waals surface area (Å²) in [7, 11) is 0. The number of nitrogens with one attached hydrogen (secondary N) is 3. The molecule has 52 heavy (non-hydrogen) atoms. The van der Waals surface area contributed by atoms with Gasteiger partial charge in [-0.25, -0.2) is 9.78 Å². The molecule has 4 aromatic rings. The van der Waals surface area contributed by atoms with Crippen molar-refractivity contribution in [2.45, 2.75) is 31.3 Å². The van der Waals surface area contributed by atoms with Gasteiger partial charge in [0.2, 0.25) is 11.6 Å². The molecule has 1 aromatic heterocycles. The molecule has 0 saturated heterocycles. The van der Waals surface area contributed by atoms with Gasteiger partial charge in [0.05, 0.1) is 5.56 Å². The number of phenols is 2. The summed E-state index contributed by atoms with van der Waals surface area (Å²) in [6.45, 7) is 0.857. The molecule has 268 valence electrons. The second-order valence-corrected chi connectivity index (χ2v) is 12.3. The Morgan fingerprint density at radius 2 is 1.48 bits per heavy atom. The highest BCUT2D eigenvalue weighted by atomic mass is 32.1. The highest BCUT2D eigenvalue weighted by Crippen LogP contribution is 2.57. The van der Waals surface area contributed by atoms with Gasteiger partial charge in [-0.1, -0.05) is 0 Å². The second kappa shape index (κ2) is 15.1. The Hall–Kier alpha value is -6.04. The normalized spacial score (nSPS) is 13.2. The van der Waals surface area contributed by atoms with E-state index in [0.717, 1.165) is 0 Å². The van der Waals surface area contributed by atoms with Crippen LogP contribution >= 0.6 is 12.2 Å². The molecule has 0 atom stereocenters. The Labute approximate surface area is 301 Å². The first kappa shape index (κ1) is 35.8.